The maximum Gasteiger partial charge on any atom is 0.255 e. The monoisotopic (exact) mass is 489 g/mol. The number of carbonyl (C=O) groups excluding carboxylic acids is 1. The highest BCUT2D eigenvalue weighted by molar-refractivity contribution is 14.0. The van der Waals surface area contributed by atoms with Crippen LogP contribution < -0.4 is 21.1 Å². The highest BCUT2D eigenvalue weighted by atomic mass is 127. The number of carbonyl (C=O) groups is 1. The fraction of sp³-hybridized carbons (Fsp3) is 0.353. The Morgan fingerprint density at radius 2 is 2.04 bits per heavy atom. The summed E-state index contributed by atoms with van der Waals surface area (Å²) in [5.74, 6) is 0.796. The van der Waals surface area contributed by atoms with Crippen molar-refractivity contribution >= 4 is 47.2 Å². The van der Waals surface area contributed by atoms with Gasteiger partial charge in [-0.1, -0.05) is 12.1 Å². The number of hydrogen-bond donors (Lipinski definition) is 3. The number of aliphatic imine (C=N–C) groups is 1. The molecule has 0 saturated carbocycles. The van der Waals surface area contributed by atoms with E-state index in [4.69, 9.17) is 10.5 Å². The summed E-state index contributed by atoms with van der Waals surface area (Å²) in [7, 11) is 1.72. The number of aryl methyl sites for hydroxylation is 2. The lowest BCUT2D eigenvalue weighted by atomic mass is 10.2. The van der Waals surface area contributed by atoms with Gasteiger partial charge in [-0.2, -0.15) is 0 Å². The van der Waals surface area contributed by atoms with E-state index in [2.05, 4.69) is 27.5 Å². The van der Waals surface area contributed by atoms with E-state index < -0.39 is 5.91 Å². The molecule has 142 valence electrons. The Hall–Kier alpha value is -1.88. The average Bonchev–Trinajstić information content (AvgIpc) is 2.91. The number of guanidine groups is 1. The number of benzene rings is 1. The first-order valence-electron chi connectivity index (χ1n) is 7.85. The maximum atomic E-state index is 10.8. The lowest BCUT2D eigenvalue weighted by Gasteiger charge is -2.12. The fourth-order valence-corrected chi connectivity index (χ4v) is 2.95. The molecule has 1 amide bonds. The molecule has 1 aromatic heterocycles. The lowest BCUT2D eigenvalue weighted by Crippen LogP contribution is -2.36. The van der Waals surface area contributed by atoms with E-state index >= 15 is 0 Å². The van der Waals surface area contributed by atoms with Crippen molar-refractivity contribution in [1.29, 1.82) is 0 Å². The van der Waals surface area contributed by atoms with Gasteiger partial charge in [0.1, 0.15) is 10.8 Å². The second-order valence-corrected chi connectivity index (χ2v) is 6.72. The quantitative estimate of drug-likeness (QED) is 0.314. The molecule has 7 nitrogen and oxygen atoms in total. The molecule has 1 heterocycles. The Labute approximate surface area is 174 Å². The summed E-state index contributed by atoms with van der Waals surface area (Å²) in [6.07, 6.45) is 0. The average molecular weight is 489 g/mol. The highest BCUT2D eigenvalue weighted by Gasteiger charge is 2.05. The van der Waals surface area contributed by atoms with Crippen molar-refractivity contribution in [3.8, 4) is 5.75 Å². The van der Waals surface area contributed by atoms with Gasteiger partial charge in [-0.25, -0.2) is 4.98 Å². The van der Waals surface area contributed by atoms with E-state index in [1.807, 2.05) is 25.1 Å². The normalized spacial score (nSPS) is 10.8. The maximum absolute atomic E-state index is 10.8. The lowest BCUT2D eigenvalue weighted by molar-refractivity contribution is -0.119. The van der Waals surface area contributed by atoms with Gasteiger partial charge >= 0.3 is 0 Å². The number of ether oxygens (including phenoxy) is 1. The summed E-state index contributed by atoms with van der Waals surface area (Å²) in [5.41, 5.74) is 7.15. The SMILES string of the molecule is CN=C(NCc1cccc(OCC(N)=O)c1)NCc1nc(C)c(C)s1.I. The highest BCUT2D eigenvalue weighted by Crippen LogP contribution is 2.16. The van der Waals surface area contributed by atoms with Crippen molar-refractivity contribution in [2.45, 2.75) is 26.9 Å². The van der Waals surface area contributed by atoms with Crippen molar-refractivity contribution < 1.29 is 9.53 Å². The molecule has 0 saturated heterocycles. The van der Waals surface area contributed by atoms with Crippen molar-refractivity contribution in [2.24, 2.45) is 10.7 Å². The van der Waals surface area contributed by atoms with Gasteiger partial charge in [0.05, 0.1) is 12.2 Å². The van der Waals surface area contributed by atoms with Gasteiger partial charge in [0.25, 0.3) is 5.91 Å². The van der Waals surface area contributed by atoms with Crippen LogP contribution in [0.2, 0.25) is 0 Å². The van der Waals surface area contributed by atoms with Crippen LogP contribution in [-0.4, -0.2) is 30.5 Å². The van der Waals surface area contributed by atoms with Crippen molar-refractivity contribution in [1.82, 2.24) is 15.6 Å². The Morgan fingerprint density at radius 1 is 1.31 bits per heavy atom. The predicted molar refractivity (Wildman–Crippen MR) is 115 cm³/mol. The minimum atomic E-state index is -0.499. The fourth-order valence-electron chi connectivity index (χ4n) is 2.08. The molecule has 0 radical (unpaired) electrons. The van der Waals surface area contributed by atoms with Gasteiger partial charge in [-0.15, -0.1) is 35.3 Å². The minimum Gasteiger partial charge on any atom is -0.484 e. The summed E-state index contributed by atoms with van der Waals surface area (Å²) in [4.78, 5) is 20.7. The molecule has 1 aromatic carbocycles. The molecule has 26 heavy (non-hydrogen) atoms. The standard InChI is InChI=1S/C17H23N5O2S.HI/c1-11-12(2)25-16(22-11)9-21-17(19-3)20-8-13-5-4-6-14(7-13)24-10-15(18)23;/h4-7H,8-10H2,1-3H3,(H2,18,23)(H2,19,20,21);1H. The van der Waals surface area contributed by atoms with Gasteiger partial charge in [0.2, 0.25) is 0 Å². The van der Waals surface area contributed by atoms with Gasteiger partial charge in [0, 0.05) is 18.5 Å². The molecule has 9 heteroatoms. The molecule has 0 aliphatic rings. The zero-order valence-electron chi connectivity index (χ0n) is 15.0. The molecular formula is C17H24IN5O2S. The van der Waals surface area contributed by atoms with Crippen molar-refractivity contribution in [3.05, 3.63) is 45.4 Å². The van der Waals surface area contributed by atoms with Crippen LogP contribution in [0.1, 0.15) is 21.1 Å². The second-order valence-electron chi connectivity index (χ2n) is 5.43. The van der Waals surface area contributed by atoms with E-state index in [9.17, 15) is 4.79 Å². The number of hydrogen-bond acceptors (Lipinski definition) is 5. The van der Waals surface area contributed by atoms with Crippen LogP contribution >= 0.6 is 35.3 Å². The number of amides is 1. The summed E-state index contributed by atoms with van der Waals surface area (Å²) in [5, 5.41) is 7.51. The van der Waals surface area contributed by atoms with Crippen LogP contribution in [0.3, 0.4) is 0 Å². The third-order valence-corrected chi connectivity index (χ3v) is 4.52. The van der Waals surface area contributed by atoms with Crippen molar-refractivity contribution in [3.63, 3.8) is 0 Å². The molecule has 0 unspecified atom stereocenters. The van der Waals surface area contributed by atoms with Gasteiger partial charge in [0.15, 0.2) is 12.6 Å². The molecule has 0 fully saturated rings. The number of halogens is 1. The zero-order chi connectivity index (χ0) is 18.2. The van der Waals surface area contributed by atoms with E-state index in [1.54, 1.807) is 24.5 Å². The zero-order valence-corrected chi connectivity index (χ0v) is 18.2. The Bertz CT molecular complexity index is 744. The van der Waals surface area contributed by atoms with Crippen molar-refractivity contribution in [2.75, 3.05) is 13.7 Å². The number of primary amides is 1. The summed E-state index contributed by atoms with van der Waals surface area (Å²) in [6, 6.07) is 7.47. The third-order valence-electron chi connectivity index (χ3n) is 3.44. The van der Waals surface area contributed by atoms with Gasteiger partial charge < -0.3 is 21.1 Å². The number of thiazole rings is 1. The number of nitrogens with two attached hydrogens (primary N) is 1. The number of aromatic nitrogens is 1. The van der Waals surface area contributed by atoms with Crippen LogP contribution in [0.4, 0.5) is 0 Å². The first-order chi connectivity index (χ1) is 12.0. The first-order valence-corrected chi connectivity index (χ1v) is 8.67. The summed E-state index contributed by atoms with van der Waals surface area (Å²) in [6.45, 7) is 5.14. The smallest absolute Gasteiger partial charge is 0.255 e. The Balaban J connectivity index is 0.00000338. The predicted octanol–water partition coefficient (Wildman–Crippen LogP) is 2.11. The van der Waals surface area contributed by atoms with Crippen LogP contribution in [0.25, 0.3) is 0 Å². The van der Waals surface area contributed by atoms with Gasteiger partial charge in [-0.3, -0.25) is 9.79 Å². The summed E-state index contributed by atoms with van der Waals surface area (Å²) < 4.78 is 5.30. The molecule has 2 aromatic rings. The first kappa shape index (κ1) is 22.2. The number of nitrogens with zero attached hydrogens (tertiary/aromatic N) is 2. The molecule has 0 atom stereocenters. The Kier molecular flexibility index (Phi) is 9.35. The third kappa shape index (κ3) is 7.16. The summed E-state index contributed by atoms with van der Waals surface area (Å²) >= 11 is 1.68. The van der Waals surface area contributed by atoms with Crippen LogP contribution in [0.5, 0.6) is 5.75 Å². The molecule has 2 rings (SSSR count). The molecule has 0 bridgehead atoms. The van der Waals surface area contributed by atoms with E-state index in [0.717, 1.165) is 16.3 Å². The van der Waals surface area contributed by atoms with E-state index in [0.29, 0.717) is 24.8 Å². The van der Waals surface area contributed by atoms with E-state index in [-0.39, 0.29) is 30.6 Å². The number of nitrogens with one attached hydrogen (secondary N) is 2. The van der Waals surface area contributed by atoms with Crippen LogP contribution in [0.15, 0.2) is 29.3 Å². The largest absolute Gasteiger partial charge is 0.484 e. The minimum absolute atomic E-state index is 0. The second kappa shape index (κ2) is 11.0. The van der Waals surface area contributed by atoms with Crippen LogP contribution in [0, 0.1) is 13.8 Å². The molecule has 0 spiro atoms. The van der Waals surface area contributed by atoms with E-state index in [1.165, 1.54) is 4.88 Å². The van der Waals surface area contributed by atoms with Gasteiger partial charge in [-0.05, 0) is 31.5 Å². The molecule has 4 N–H and O–H groups in total. The molecular weight excluding hydrogens is 465 g/mol. The molecule has 0 aliphatic heterocycles. The van der Waals surface area contributed by atoms with Crippen LogP contribution in [-0.2, 0) is 17.9 Å². The molecule has 0 aliphatic carbocycles. The topological polar surface area (TPSA) is 102 Å². The Morgan fingerprint density at radius 3 is 2.65 bits per heavy atom. The number of rotatable bonds is 7.